The van der Waals surface area contributed by atoms with Gasteiger partial charge in [-0.2, -0.15) is 0 Å². The molecule has 1 aromatic carbocycles. The van der Waals surface area contributed by atoms with Gasteiger partial charge in [-0.3, -0.25) is 9.59 Å². The van der Waals surface area contributed by atoms with E-state index in [1.165, 1.54) is 0 Å². The van der Waals surface area contributed by atoms with E-state index in [-0.39, 0.29) is 55.1 Å². The van der Waals surface area contributed by atoms with Crippen LogP contribution in [0.15, 0.2) is 24.3 Å². The number of amides is 2. The Morgan fingerprint density at radius 2 is 1.85 bits per heavy atom. The van der Waals surface area contributed by atoms with Crippen molar-refractivity contribution in [2.24, 2.45) is 11.7 Å². The van der Waals surface area contributed by atoms with Gasteiger partial charge < -0.3 is 16.4 Å². The summed E-state index contributed by atoms with van der Waals surface area (Å²) >= 11 is 1.63. The second kappa shape index (κ2) is 11.3. The van der Waals surface area contributed by atoms with E-state index in [9.17, 15) is 9.59 Å². The highest BCUT2D eigenvalue weighted by Crippen LogP contribution is 2.22. The maximum absolute atomic E-state index is 11.9. The zero-order valence-electron chi connectivity index (χ0n) is 15.0. The fraction of sp³-hybridized carbons (Fsp3) is 0.471. The van der Waals surface area contributed by atoms with E-state index in [1.54, 1.807) is 11.3 Å². The average molecular weight is 421 g/mol. The Morgan fingerprint density at radius 1 is 1.19 bits per heavy atom. The predicted molar refractivity (Wildman–Crippen MR) is 111 cm³/mol. The molecule has 1 unspecified atom stereocenters. The fourth-order valence-electron chi connectivity index (χ4n) is 2.23. The molecule has 0 aliphatic rings. The van der Waals surface area contributed by atoms with Gasteiger partial charge in [-0.15, -0.1) is 36.2 Å². The van der Waals surface area contributed by atoms with Crippen molar-refractivity contribution < 1.29 is 9.59 Å². The summed E-state index contributed by atoms with van der Waals surface area (Å²) in [6, 6.07) is 7.30. The van der Waals surface area contributed by atoms with Crippen LogP contribution >= 0.6 is 36.2 Å². The van der Waals surface area contributed by atoms with Crippen LogP contribution in [0, 0.1) is 5.92 Å². The monoisotopic (exact) mass is 420 g/mol. The van der Waals surface area contributed by atoms with E-state index in [4.69, 9.17) is 5.73 Å². The van der Waals surface area contributed by atoms with Crippen LogP contribution in [0.5, 0.6) is 0 Å². The third-order valence-electron chi connectivity index (χ3n) is 3.67. The van der Waals surface area contributed by atoms with Gasteiger partial charge in [0.25, 0.3) is 0 Å². The van der Waals surface area contributed by atoms with Crippen molar-refractivity contribution in [2.45, 2.75) is 39.3 Å². The van der Waals surface area contributed by atoms with Crippen LogP contribution in [0.1, 0.15) is 25.8 Å². The van der Waals surface area contributed by atoms with Crippen LogP contribution in [0.3, 0.4) is 0 Å². The highest BCUT2D eigenvalue weighted by molar-refractivity contribution is 7.18. The topological polar surface area (TPSA) is 97.1 Å². The van der Waals surface area contributed by atoms with Crippen molar-refractivity contribution >= 4 is 58.2 Å². The summed E-state index contributed by atoms with van der Waals surface area (Å²) in [6.45, 7) is 5.59. The second-order valence-electron chi connectivity index (χ2n) is 6.24. The quantitative estimate of drug-likeness (QED) is 0.639. The van der Waals surface area contributed by atoms with Crippen LogP contribution in [0.4, 0.5) is 0 Å². The number of thiazole rings is 1. The van der Waals surface area contributed by atoms with Crippen molar-refractivity contribution in [1.29, 1.82) is 0 Å². The Hall–Kier alpha value is -1.41. The molecular weight excluding hydrogens is 395 g/mol. The number of carbonyl (C=O) groups excluding carboxylic acids is 2. The molecule has 26 heavy (non-hydrogen) atoms. The lowest BCUT2D eigenvalue weighted by Crippen LogP contribution is -2.48. The summed E-state index contributed by atoms with van der Waals surface area (Å²) < 4.78 is 1.14. The smallest absolute Gasteiger partial charge is 0.239 e. The van der Waals surface area contributed by atoms with Crippen molar-refractivity contribution in [3.05, 3.63) is 29.3 Å². The van der Waals surface area contributed by atoms with Crippen LogP contribution in [0.25, 0.3) is 10.2 Å². The zero-order chi connectivity index (χ0) is 17.7. The Kier molecular flexibility index (Phi) is 10.7. The van der Waals surface area contributed by atoms with Gasteiger partial charge in [0, 0.05) is 12.5 Å². The van der Waals surface area contributed by atoms with Crippen LogP contribution in [-0.2, 0) is 16.0 Å². The third-order valence-corrected chi connectivity index (χ3v) is 4.73. The van der Waals surface area contributed by atoms with E-state index < -0.39 is 6.04 Å². The summed E-state index contributed by atoms with van der Waals surface area (Å²) in [4.78, 5) is 28.2. The molecule has 2 aromatic rings. The molecule has 6 nitrogen and oxygen atoms in total. The molecule has 2 amide bonds. The summed E-state index contributed by atoms with van der Waals surface area (Å²) in [7, 11) is 0. The van der Waals surface area contributed by atoms with Gasteiger partial charge in [0.1, 0.15) is 0 Å². The third kappa shape index (κ3) is 7.07. The number of nitrogens with two attached hydrogens (primary N) is 1. The fourth-order valence-corrected chi connectivity index (χ4v) is 3.33. The van der Waals surface area contributed by atoms with Gasteiger partial charge in [0.2, 0.25) is 11.8 Å². The molecule has 0 bridgehead atoms. The molecule has 1 aromatic heterocycles. The lowest BCUT2D eigenvalue weighted by molar-refractivity contribution is -0.127. The first-order chi connectivity index (χ1) is 11.4. The molecule has 146 valence electrons. The van der Waals surface area contributed by atoms with Crippen molar-refractivity contribution in [1.82, 2.24) is 15.6 Å². The van der Waals surface area contributed by atoms with Gasteiger partial charge in [0.05, 0.1) is 27.8 Å². The number of fused-ring (bicyclic) bond motifs is 1. The maximum Gasteiger partial charge on any atom is 0.239 e. The first-order valence-electron chi connectivity index (χ1n) is 8.04. The van der Waals surface area contributed by atoms with Gasteiger partial charge >= 0.3 is 0 Å². The molecule has 9 heteroatoms. The van der Waals surface area contributed by atoms with Crippen LogP contribution in [-0.4, -0.2) is 35.4 Å². The molecule has 0 aliphatic heterocycles. The van der Waals surface area contributed by atoms with Gasteiger partial charge in [-0.1, -0.05) is 26.0 Å². The molecule has 0 saturated carbocycles. The summed E-state index contributed by atoms with van der Waals surface area (Å²) in [5.41, 5.74) is 6.71. The Balaban J connectivity index is 0.00000312. The first-order valence-corrected chi connectivity index (χ1v) is 8.85. The molecule has 0 aliphatic carbocycles. The van der Waals surface area contributed by atoms with Gasteiger partial charge in [0.15, 0.2) is 0 Å². The number of benzene rings is 1. The standard InChI is InChI=1S/C17H24N4O2S.2ClH/c1-10(2)16(18)17(23)19-9-14(22)20-11(3)8-15-21-12-6-4-5-7-13(12)24-15;;/h4-7,10-11,16H,8-9,18H2,1-3H3,(H,19,23)(H,20,22);2*1H/t11?,16-;;/m0../s1. The number of nitrogens with zero attached hydrogens (tertiary/aromatic N) is 1. The maximum atomic E-state index is 11.9. The zero-order valence-corrected chi connectivity index (χ0v) is 17.5. The lowest BCUT2D eigenvalue weighted by Gasteiger charge is -2.16. The molecule has 0 spiro atoms. The van der Waals surface area contributed by atoms with E-state index in [2.05, 4.69) is 15.6 Å². The minimum atomic E-state index is -0.599. The molecule has 1 heterocycles. The van der Waals surface area contributed by atoms with Crippen LogP contribution < -0.4 is 16.4 Å². The predicted octanol–water partition coefficient (Wildman–Crippen LogP) is 2.29. The minimum absolute atomic E-state index is 0. The summed E-state index contributed by atoms with van der Waals surface area (Å²) in [5.74, 6) is -0.502. The molecule has 0 radical (unpaired) electrons. The van der Waals surface area contributed by atoms with E-state index in [1.807, 2.05) is 45.0 Å². The normalized spacial score (nSPS) is 12.7. The number of hydrogen-bond acceptors (Lipinski definition) is 5. The lowest BCUT2D eigenvalue weighted by atomic mass is 10.1. The highest BCUT2D eigenvalue weighted by Gasteiger charge is 2.18. The number of nitrogens with one attached hydrogen (secondary N) is 2. The summed E-state index contributed by atoms with van der Waals surface area (Å²) in [5, 5.41) is 6.42. The van der Waals surface area contributed by atoms with E-state index in [0.29, 0.717) is 6.42 Å². The van der Waals surface area contributed by atoms with E-state index >= 15 is 0 Å². The molecule has 2 rings (SSSR count). The first kappa shape index (κ1) is 24.6. The summed E-state index contributed by atoms with van der Waals surface area (Å²) in [6.07, 6.45) is 0.657. The molecule has 2 atom stereocenters. The minimum Gasteiger partial charge on any atom is -0.352 e. The van der Waals surface area contributed by atoms with Crippen molar-refractivity contribution in [3.8, 4) is 0 Å². The highest BCUT2D eigenvalue weighted by atomic mass is 35.5. The number of rotatable bonds is 7. The Morgan fingerprint density at radius 3 is 2.46 bits per heavy atom. The second-order valence-corrected chi connectivity index (χ2v) is 7.35. The van der Waals surface area contributed by atoms with Crippen molar-refractivity contribution in [3.63, 3.8) is 0 Å². The Bertz CT molecular complexity index is 691. The van der Waals surface area contributed by atoms with Gasteiger partial charge in [-0.25, -0.2) is 4.98 Å². The van der Waals surface area contributed by atoms with Crippen LogP contribution in [0.2, 0.25) is 0 Å². The average Bonchev–Trinajstić information content (AvgIpc) is 2.93. The number of hydrogen-bond donors (Lipinski definition) is 3. The molecule has 0 fully saturated rings. The molecular formula is C17H26Cl2N4O2S. The number of halogens is 2. The number of para-hydroxylation sites is 1. The number of aromatic nitrogens is 1. The Labute approximate surface area is 170 Å². The molecule has 4 N–H and O–H groups in total. The van der Waals surface area contributed by atoms with Gasteiger partial charge in [-0.05, 0) is 25.0 Å². The van der Waals surface area contributed by atoms with Crippen molar-refractivity contribution in [2.75, 3.05) is 6.54 Å². The largest absolute Gasteiger partial charge is 0.352 e. The number of carbonyl (C=O) groups is 2. The molecule has 0 saturated heterocycles. The van der Waals surface area contributed by atoms with E-state index in [0.717, 1.165) is 15.2 Å². The SMILES string of the molecule is CC(Cc1nc2ccccc2s1)NC(=O)CNC(=O)[C@@H](N)C(C)C.Cl.Cl.